The molecule has 0 atom stereocenters. The van der Waals surface area contributed by atoms with Gasteiger partial charge in [0.25, 0.3) is 0 Å². The lowest BCUT2D eigenvalue weighted by atomic mass is 10.1. The fraction of sp³-hybridized carbons (Fsp3) is 0.111. The highest BCUT2D eigenvalue weighted by Crippen LogP contribution is 2.27. The van der Waals surface area contributed by atoms with Crippen molar-refractivity contribution in [1.82, 2.24) is 9.55 Å². The largest absolute Gasteiger partial charge is 0.329 e. The van der Waals surface area contributed by atoms with E-state index in [0.29, 0.717) is 15.6 Å². The first kappa shape index (κ1) is 17.9. The van der Waals surface area contributed by atoms with Crippen LogP contribution in [0.3, 0.4) is 0 Å². The lowest BCUT2D eigenvalue weighted by Gasteiger charge is -2.09. The summed E-state index contributed by atoms with van der Waals surface area (Å²) >= 11 is 13.8. The smallest absolute Gasteiger partial charge is 0.228 e. The van der Waals surface area contributed by atoms with Gasteiger partial charge in [-0.1, -0.05) is 41.0 Å². The number of amides is 1. The van der Waals surface area contributed by atoms with Crippen LogP contribution in [0.25, 0.3) is 0 Å². The Balaban J connectivity index is 1.63. The van der Waals surface area contributed by atoms with Gasteiger partial charge in [-0.3, -0.25) is 4.79 Å². The van der Waals surface area contributed by atoms with E-state index in [4.69, 9.17) is 23.2 Å². The average molecular weight is 392 g/mol. The average Bonchev–Trinajstić information content (AvgIpc) is 2.98. The van der Waals surface area contributed by atoms with Crippen molar-refractivity contribution in [2.45, 2.75) is 16.5 Å². The molecule has 0 bridgehead atoms. The number of hydrogen-bond acceptors (Lipinski definition) is 3. The second-order valence-electron chi connectivity index (χ2n) is 5.37. The van der Waals surface area contributed by atoms with E-state index in [9.17, 15) is 4.79 Å². The van der Waals surface area contributed by atoms with Gasteiger partial charge in [0.1, 0.15) is 0 Å². The van der Waals surface area contributed by atoms with Crippen molar-refractivity contribution in [2.24, 2.45) is 7.05 Å². The van der Waals surface area contributed by atoms with Crippen LogP contribution in [0.5, 0.6) is 0 Å². The number of carbonyl (C=O) groups is 1. The number of anilines is 1. The number of aromatic nitrogens is 2. The van der Waals surface area contributed by atoms with Crippen LogP contribution in [0.4, 0.5) is 5.69 Å². The molecule has 0 spiro atoms. The minimum atomic E-state index is -0.167. The van der Waals surface area contributed by atoms with Crippen molar-refractivity contribution >= 4 is 46.6 Å². The summed E-state index contributed by atoms with van der Waals surface area (Å²) in [6.45, 7) is 0. The molecule has 1 aromatic heterocycles. The normalized spacial score (nSPS) is 10.7. The Bertz CT molecular complexity index is 873. The van der Waals surface area contributed by atoms with Gasteiger partial charge in [0.2, 0.25) is 5.91 Å². The van der Waals surface area contributed by atoms with E-state index < -0.39 is 0 Å². The zero-order valence-corrected chi connectivity index (χ0v) is 15.7. The summed E-state index contributed by atoms with van der Waals surface area (Å²) in [4.78, 5) is 17.5. The molecule has 25 heavy (non-hydrogen) atoms. The molecule has 0 unspecified atom stereocenters. The van der Waals surface area contributed by atoms with Crippen LogP contribution in [-0.2, 0) is 18.3 Å². The van der Waals surface area contributed by atoms with Gasteiger partial charge >= 0.3 is 0 Å². The number of benzene rings is 2. The molecule has 128 valence electrons. The molecule has 0 saturated carbocycles. The minimum absolute atomic E-state index is 0.127. The van der Waals surface area contributed by atoms with E-state index in [1.54, 1.807) is 36.2 Å². The lowest BCUT2D eigenvalue weighted by Crippen LogP contribution is -2.14. The molecular formula is C18H15Cl2N3OS. The van der Waals surface area contributed by atoms with Crippen molar-refractivity contribution in [2.75, 3.05) is 5.32 Å². The molecule has 0 aliphatic rings. The quantitative estimate of drug-likeness (QED) is 0.660. The number of nitrogens with zero attached hydrogens (tertiary/aromatic N) is 2. The van der Waals surface area contributed by atoms with Crippen LogP contribution in [0.15, 0.2) is 64.9 Å². The molecule has 0 aliphatic heterocycles. The molecule has 4 nitrogen and oxygen atoms in total. The predicted octanol–water partition coefficient (Wildman–Crippen LogP) is 5.06. The monoisotopic (exact) mass is 391 g/mol. The summed E-state index contributed by atoms with van der Waals surface area (Å²) < 4.78 is 1.95. The number of imidazole rings is 1. The zero-order chi connectivity index (χ0) is 17.8. The van der Waals surface area contributed by atoms with E-state index >= 15 is 0 Å². The molecule has 3 rings (SSSR count). The third kappa shape index (κ3) is 4.57. The number of halogens is 2. The molecule has 1 amide bonds. The van der Waals surface area contributed by atoms with Crippen molar-refractivity contribution in [3.05, 3.63) is 70.5 Å². The van der Waals surface area contributed by atoms with Gasteiger partial charge in [0.15, 0.2) is 5.16 Å². The van der Waals surface area contributed by atoms with Crippen LogP contribution < -0.4 is 5.32 Å². The first-order valence-electron chi connectivity index (χ1n) is 7.51. The van der Waals surface area contributed by atoms with Crippen molar-refractivity contribution in [3.63, 3.8) is 0 Å². The standard InChI is InChI=1S/C18H15Cl2N3OS/c1-23-10-9-21-18(23)25-13-7-5-12(6-8-13)22-17(24)11-14-15(19)3-2-4-16(14)20/h2-10H,11H2,1H3,(H,22,24). The first-order chi connectivity index (χ1) is 12.0. The second-order valence-corrected chi connectivity index (χ2v) is 7.23. The van der Waals surface area contributed by atoms with E-state index in [1.807, 2.05) is 42.1 Å². The topological polar surface area (TPSA) is 46.9 Å². The van der Waals surface area contributed by atoms with E-state index in [2.05, 4.69) is 10.3 Å². The van der Waals surface area contributed by atoms with E-state index in [1.165, 1.54) is 0 Å². The van der Waals surface area contributed by atoms with Crippen LogP contribution in [-0.4, -0.2) is 15.5 Å². The third-order valence-electron chi connectivity index (χ3n) is 3.52. The summed E-state index contributed by atoms with van der Waals surface area (Å²) in [6, 6.07) is 12.8. The Labute approximate surface area is 160 Å². The Hall–Kier alpha value is -1.95. The molecule has 0 saturated heterocycles. The summed E-state index contributed by atoms with van der Waals surface area (Å²) in [6.07, 6.45) is 3.79. The summed E-state index contributed by atoms with van der Waals surface area (Å²) in [5.41, 5.74) is 1.35. The highest BCUT2D eigenvalue weighted by Gasteiger charge is 2.11. The molecule has 0 radical (unpaired) electrons. The fourth-order valence-electron chi connectivity index (χ4n) is 2.23. The maximum atomic E-state index is 12.2. The number of nitrogens with one attached hydrogen (secondary N) is 1. The summed E-state index contributed by atoms with van der Waals surface area (Å²) in [5, 5.41) is 4.74. The molecule has 0 aliphatic carbocycles. The molecule has 7 heteroatoms. The SMILES string of the molecule is Cn1ccnc1Sc1ccc(NC(=O)Cc2c(Cl)cccc2Cl)cc1. The second kappa shape index (κ2) is 7.95. The fourth-order valence-corrected chi connectivity index (χ4v) is 3.56. The molecular weight excluding hydrogens is 377 g/mol. The van der Waals surface area contributed by atoms with E-state index in [-0.39, 0.29) is 12.3 Å². The van der Waals surface area contributed by atoms with Gasteiger partial charge < -0.3 is 9.88 Å². The highest BCUT2D eigenvalue weighted by atomic mass is 35.5. The Morgan fingerprint density at radius 2 is 1.84 bits per heavy atom. The van der Waals surface area contributed by atoms with Gasteiger partial charge in [-0.25, -0.2) is 4.98 Å². The van der Waals surface area contributed by atoms with Gasteiger partial charge in [0.05, 0.1) is 6.42 Å². The summed E-state index contributed by atoms with van der Waals surface area (Å²) in [5.74, 6) is -0.167. The van der Waals surface area contributed by atoms with Crippen molar-refractivity contribution in [3.8, 4) is 0 Å². The number of carbonyl (C=O) groups excluding carboxylic acids is 1. The minimum Gasteiger partial charge on any atom is -0.329 e. The molecule has 0 fully saturated rings. The molecule has 2 aromatic carbocycles. The van der Waals surface area contributed by atoms with Crippen molar-refractivity contribution in [1.29, 1.82) is 0 Å². The van der Waals surface area contributed by atoms with Crippen LogP contribution in [0, 0.1) is 0 Å². The van der Waals surface area contributed by atoms with Crippen molar-refractivity contribution < 1.29 is 4.79 Å². The Morgan fingerprint density at radius 1 is 1.16 bits per heavy atom. The Kier molecular flexibility index (Phi) is 5.68. The number of rotatable bonds is 5. The molecule has 3 aromatic rings. The van der Waals surface area contributed by atoms with Gasteiger partial charge in [-0.05, 0) is 42.0 Å². The van der Waals surface area contributed by atoms with Gasteiger partial charge in [-0.2, -0.15) is 0 Å². The predicted molar refractivity (Wildman–Crippen MR) is 103 cm³/mol. The summed E-state index contributed by atoms with van der Waals surface area (Å²) in [7, 11) is 1.95. The number of aryl methyl sites for hydroxylation is 1. The molecule has 1 heterocycles. The van der Waals surface area contributed by atoms with Crippen LogP contribution in [0.2, 0.25) is 10.0 Å². The third-order valence-corrected chi connectivity index (χ3v) is 5.32. The van der Waals surface area contributed by atoms with Gasteiger partial charge in [0, 0.05) is 40.1 Å². The van der Waals surface area contributed by atoms with Crippen LogP contribution in [0.1, 0.15) is 5.56 Å². The molecule has 1 N–H and O–H groups in total. The number of hydrogen-bond donors (Lipinski definition) is 1. The maximum absolute atomic E-state index is 12.2. The maximum Gasteiger partial charge on any atom is 0.228 e. The highest BCUT2D eigenvalue weighted by molar-refractivity contribution is 7.99. The lowest BCUT2D eigenvalue weighted by molar-refractivity contribution is -0.115. The van der Waals surface area contributed by atoms with E-state index in [0.717, 1.165) is 15.7 Å². The Morgan fingerprint density at radius 3 is 2.44 bits per heavy atom. The van der Waals surface area contributed by atoms with Gasteiger partial charge in [-0.15, -0.1) is 0 Å². The zero-order valence-electron chi connectivity index (χ0n) is 13.4. The first-order valence-corrected chi connectivity index (χ1v) is 9.08. The van der Waals surface area contributed by atoms with Crippen LogP contribution >= 0.6 is 35.0 Å².